The van der Waals surface area contributed by atoms with Crippen LogP contribution in [0.15, 0.2) is 0 Å². The molecule has 8 atom stereocenters. The number of β-amino-alcohol motifs (C(OH)–C–C–N with tert-alkyl or cyclic N) is 1. The van der Waals surface area contributed by atoms with Gasteiger partial charge in [-0.3, -0.25) is 24.4 Å². The van der Waals surface area contributed by atoms with Gasteiger partial charge in [0.1, 0.15) is 23.1 Å². The fraction of sp³-hybridized carbons (Fsp3) is 0.959. The second kappa shape index (κ2) is 41.8. The molecule has 0 aromatic rings. The van der Waals surface area contributed by atoms with Gasteiger partial charge in [0.2, 0.25) is 0 Å². The summed E-state index contributed by atoms with van der Waals surface area (Å²) < 4.78 is 28.0. The number of nitrogens with one attached hydrogen (secondary N) is 2. The Labute approximate surface area is 556 Å². The summed E-state index contributed by atoms with van der Waals surface area (Å²) in [5.41, 5.74) is -0.778. The van der Waals surface area contributed by atoms with Crippen molar-refractivity contribution in [2.75, 3.05) is 131 Å². The molecule has 8 unspecified atom stereocenters. The fourth-order valence-electron chi connectivity index (χ4n) is 15.4. The molecule has 0 aromatic carbocycles. The monoisotopic (exact) mass is 1290 g/mol. The number of hydrogen-bond acceptors (Lipinski definition) is 15. The Bertz CT molecular complexity index is 1920. The van der Waals surface area contributed by atoms with Gasteiger partial charge in [-0.2, -0.15) is 0 Å². The Morgan fingerprint density at radius 2 is 0.945 bits per heavy atom. The summed E-state index contributed by atoms with van der Waals surface area (Å²) in [6, 6.07) is 2.52. The maximum atomic E-state index is 12.0. The lowest BCUT2D eigenvalue weighted by atomic mass is 9.75. The Morgan fingerprint density at radius 1 is 0.527 bits per heavy atom. The SMILES string of the molecule is C1CCC(N2CCNCC2)CC1.CC(C)(C)OC(=O)N1CCN(C2CCCCC2)CC1.CC(C)(C)OC(=O)N1CCNCC1.CC1CCC(C(C)C)C(OCC2CO2)C1.CC1CCC(C)C(OCC(O)CN2CCN(C3CCCCC3)CC2)C1.O=C1CCCCC1. The molecule has 6 saturated carbocycles. The van der Waals surface area contributed by atoms with Gasteiger partial charge < -0.3 is 49.2 Å². The van der Waals surface area contributed by atoms with Crippen LogP contribution in [0.2, 0.25) is 0 Å². The third-order valence-corrected chi connectivity index (χ3v) is 21.2. The fourth-order valence-corrected chi connectivity index (χ4v) is 15.4. The maximum Gasteiger partial charge on any atom is 0.410 e. The van der Waals surface area contributed by atoms with Crippen molar-refractivity contribution in [3.8, 4) is 0 Å². The predicted octanol–water partition coefficient (Wildman–Crippen LogP) is 12.4. The standard InChI is InChI=1S/C21H40N2O2.C15H28N2O2.C13H24O2.C10H20N2.C9H18N2O2.C6H10O/c1-17-8-9-18(2)21(14-17)25-16-20(24)15-22-10-12-23(13-11-22)19-6-4-3-5-7-19;1-15(2,3)19-14(18)17-11-9-16(10-12-17)13-7-5-4-6-8-13;1-9(2)12-5-4-10(3)6-13(12)15-8-11-7-14-11;1-2-4-10(5-3-1)12-8-6-11-7-9-12;1-9(2,3)13-8(12)11-6-4-10-5-7-11;7-6-4-2-1-3-5-6/h17-21,24H,3-16H2,1-2H3;13H,4-12H2,1-3H3;9-13H,4-8H2,1-3H3;10-11H,1-9H2;10H,4-7H2,1-3H3;1-5H2. The number of ether oxygens (including phenoxy) is 5. The molecule has 11 fully saturated rings. The number of carbonyl (C=O) groups excluding carboxylic acids is 3. The molecule has 0 spiro atoms. The largest absolute Gasteiger partial charge is 0.444 e. The predicted molar refractivity (Wildman–Crippen MR) is 370 cm³/mol. The van der Waals surface area contributed by atoms with Crippen molar-refractivity contribution < 1.29 is 43.2 Å². The van der Waals surface area contributed by atoms with Gasteiger partial charge >= 0.3 is 12.2 Å². The van der Waals surface area contributed by atoms with Crippen molar-refractivity contribution in [1.82, 2.24) is 40.0 Å². The third kappa shape index (κ3) is 31.7. The van der Waals surface area contributed by atoms with E-state index in [4.69, 9.17) is 23.7 Å². The van der Waals surface area contributed by atoms with Crippen molar-refractivity contribution in [3.63, 3.8) is 0 Å². The van der Waals surface area contributed by atoms with Crippen molar-refractivity contribution in [2.45, 2.75) is 297 Å². The van der Waals surface area contributed by atoms with Crippen LogP contribution in [0.4, 0.5) is 9.59 Å². The Morgan fingerprint density at radius 3 is 1.38 bits per heavy atom. The second-order valence-electron chi connectivity index (χ2n) is 31.9. The first kappa shape index (κ1) is 77.8. The number of carbonyl (C=O) groups is 3. The molecule has 2 amide bonds. The quantitative estimate of drug-likeness (QED) is 0.158. The average molecular weight is 1290 g/mol. The van der Waals surface area contributed by atoms with Gasteiger partial charge in [-0.25, -0.2) is 9.59 Å². The summed E-state index contributed by atoms with van der Waals surface area (Å²) in [4.78, 5) is 47.9. The molecule has 6 aliphatic carbocycles. The topological polar surface area (TPSA) is 164 Å². The van der Waals surface area contributed by atoms with E-state index >= 15 is 0 Å². The molecular weight excluding hydrogens is 1140 g/mol. The van der Waals surface area contributed by atoms with Gasteiger partial charge in [-0.05, 0) is 148 Å². The molecule has 11 rings (SSSR count). The minimum Gasteiger partial charge on any atom is -0.444 e. The number of hydrogen-bond donors (Lipinski definition) is 3. The van der Waals surface area contributed by atoms with E-state index in [1.165, 1.54) is 174 Å². The highest BCUT2D eigenvalue weighted by Gasteiger charge is 2.35. The van der Waals surface area contributed by atoms with Crippen LogP contribution in [0.1, 0.15) is 243 Å². The van der Waals surface area contributed by atoms with E-state index in [0.717, 1.165) is 159 Å². The molecule has 17 heteroatoms. The minimum atomic E-state index is -0.391. The highest BCUT2D eigenvalue weighted by Crippen LogP contribution is 2.36. The zero-order valence-electron chi connectivity index (χ0n) is 60.4. The van der Waals surface area contributed by atoms with E-state index < -0.39 is 5.60 Å². The van der Waals surface area contributed by atoms with Crippen molar-refractivity contribution in [1.29, 1.82) is 0 Å². The number of ketones is 1. The van der Waals surface area contributed by atoms with E-state index in [-0.39, 0.29) is 23.9 Å². The minimum absolute atomic E-state index is 0.157. The van der Waals surface area contributed by atoms with E-state index in [2.05, 4.69) is 64.9 Å². The molecule has 5 aliphatic heterocycles. The smallest absolute Gasteiger partial charge is 0.410 e. The lowest BCUT2D eigenvalue weighted by molar-refractivity contribution is -0.120. The van der Waals surface area contributed by atoms with Gasteiger partial charge in [0, 0.05) is 142 Å². The van der Waals surface area contributed by atoms with Crippen LogP contribution in [0.5, 0.6) is 0 Å². The lowest BCUT2D eigenvalue weighted by Crippen LogP contribution is -2.53. The summed E-state index contributed by atoms with van der Waals surface area (Å²) in [7, 11) is 0. The molecule has 0 radical (unpaired) electrons. The molecule has 530 valence electrons. The number of nitrogens with zero attached hydrogens (tertiary/aromatic N) is 6. The first-order chi connectivity index (χ1) is 43.6. The number of Topliss-reactive ketones (excluding diaryl/α,β-unsaturated/α-hetero) is 1. The van der Waals surface area contributed by atoms with E-state index in [1.807, 2.05) is 46.4 Å². The number of epoxide rings is 1. The van der Waals surface area contributed by atoms with Crippen molar-refractivity contribution in [2.24, 2.45) is 29.6 Å². The first-order valence-electron chi connectivity index (χ1n) is 37.9. The maximum absolute atomic E-state index is 12.0. The van der Waals surface area contributed by atoms with Gasteiger partial charge in [0.25, 0.3) is 0 Å². The molecule has 17 nitrogen and oxygen atoms in total. The van der Waals surface area contributed by atoms with Crippen LogP contribution >= 0.6 is 0 Å². The normalized spacial score (nSPS) is 29.4. The highest BCUT2D eigenvalue weighted by atomic mass is 16.6. The third-order valence-electron chi connectivity index (χ3n) is 21.2. The summed E-state index contributed by atoms with van der Waals surface area (Å²) in [5, 5.41) is 17.0. The zero-order valence-corrected chi connectivity index (χ0v) is 60.4. The van der Waals surface area contributed by atoms with Crippen molar-refractivity contribution >= 4 is 18.0 Å². The van der Waals surface area contributed by atoms with Crippen LogP contribution < -0.4 is 10.6 Å². The zero-order chi connectivity index (χ0) is 65.6. The van der Waals surface area contributed by atoms with E-state index in [0.29, 0.717) is 36.6 Å². The molecule has 3 N–H and O–H groups in total. The molecule has 0 aromatic heterocycles. The average Bonchev–Trinajstić information content (AvgIpc) is 3.74. The summed E-state index contributed by atoms with van der Waals surface area (Å²) in [5.74, 6) is 4.23. The van der Waals surface area contributed by atoms with E-state index in [9.17, 15) is 19.5 Å². The van der Waals surface area contributed by atoms with Crippen LogP contribution in [0, 0.1) is 29.6 Å². The van der Waals surface area contributed by atoms with E-state index in [1.54, 1.807) is 4.90 Å². The van der Waals surface area contributed by atoms with Gasteiger partial charge in [-0.15, -0.1) is 0 Å². The Balaban J connectivity index is 0.000000180. The highest BCUT2D eigenvalue weighted by molar-refractivity contribution is 5.78. The van der Waals surface area contributed by atoms with Gasteiger partial charge in [0.15, 0.2) is 0 Å². The molecule has 5 heterocycles. The van der Waals surface area contributed by atoms with Gasteiger partial charge in [-0.1, -0.05) is 112 Å². The Kier molecular flexibility index (Phi) is 35.7. The number of amides is 2. The second-order valence-corrected chi connectivity index (χ2v) is 31.9. The number of rotatable bonds is 12. The van der Waals surface area contributed by atoms with Gasteiger partial charge in [0.05, 0.1) is 38.1 Å². The lowest BCUT2D eigenvalue weighted by Gasteiger charge is -2.41. The van der Waals surface area contributed by atoms with Crippen LogP contribution in [0.3, 0.4) is 0 Å². The van der Waals surface area contributed by atoms with Crippen LogP contribution in [0.25, 0.3) is 0 Å². The number of aliphatic hydroxyl groups excluding tert-OH is 1. The molecular formula is C74H140N8O9. The molecule has 0 bridgehead atoms. The summed E-state index contributed by atoms with van der Waals surface area (Å²) in [6.45, 7) is 42.4. The number of piperazine rings is 4. The molecule has 5 saturated heterocycles. The van der Waals surface area contributed by atoms with Crippen LogP contribution in [-0.4, -0.2) is 237 Å². The van der Waals surface area contributed by atoms with Crippen molar-refractivity contribution in [3.05, 3.63) is 0 Å². The molecule has 11 aliphatic rings. The van der Waals surface area contributed by atoms with Crippen LogP contribution in [-0.2, 0) is 28.5 Å². The summed E-state index contributed by atoms with van der Waals surface area (Å²) >= 11 is 0. The first-order valence-corrected chi connectivity index (χ1v) is 37.9. The number of aliphatic hydroxyl groups is 1. The molecule has 91 heavy (non-hydrogen) atoms. The summed E-state index contributed by atoms with van der Waals surface area (Å²) in [6.07, 6.45) is 34.7. The Hall–Kier alpha value is -2.19.